The molecule has 0 spiro atoms. The standard InChI is InChI=1S/C21H24O4/c1-3-22-13-15-24-20-9-5-18(6-10-20)17-19-7-11-21(12-8-19)25-16-14-23-4-2/h3-12H,1-2,13-17H2. The van der Waals surface area contributed by atoms with Crippen LogP contribution < -0.4 is 9.47 Å². The number of hydrogen-bond acceptors (Lipinski definition) is 4. The molecule has 25 heavy (non-hydrogen) atoms. The normalized spacial score (nSPS) is 9.92. The molecule has 132 valence electrons. The molecule has 0 aliphatic rings. The Bertz CT molecular complexity index is 574. The van der Waals surface area contributed by atoms with Crippen molar-refractivity contribution in [1.29, 1.82) is 0 Å². The second-order valence-corrected chi connectivity index (χ2v) is 5.24. The lowest BCUT2D eigenvalue weighted by Gasteiger charge is -2.08. The number of rotatable bonds is 12. The average molecular weight is 340 g/mol. The van der Waals surface area contributed by atoms with Crippen molar-refractivity contribution in [2.24, 2.45) is 0 Å². The molecule has 0 saturated heterocycles. The first-order chi connectivity index (χ1) is 12.3. The molecule has 0 heterocycles. The van der Waals surface area contributed by atoms with Crippen LogP contribution >= 0.6 is 0 Å². The SMILES string of the molecule is C=COCCOc1ccc(Cc2ccc(OCCOC=C)cc2)cc1. The molecule has 0 atom stereocenters. The van der Waals surface area contributed by atoms with E-state index in [0.29, 0.717) is 26.4 Å². The number of hydrogen-bond donors (Lipinski definition) is 0. The fourth-order valence-electron chi connectivity index (χ4n) is 2.22. The average Bonchev–Trinajstić information content (AvgIpc) is 2.65. The quantitative estimate of drug-likeness (QED) is 0.425. The van der Waals surface area contributed by atoms with E-state index in [1.807, 2.05) is 24.3 Å². The Morgan fingerprint density at radius 1 is 0.600 bits per heavy atom. The maximum atomic E-state index is 5.58. The third-order valence-electron chi connectivity index (χ3n) is 3.43. The van der Waals surface area contributed by atoms with E-state index in [2.05, 4.69) is 37.4 Å². The number of ether oxygens (including phenoxy) is 4. The lowest BCUT2D eigenvalue weighted by molar-refractivity contribution is 0.179. The summed E-state index contributed by atoms with van der Waals surface area (Å²) in [6, 6.07) is 16.2. The van der Waals surface area contributed by atoms with Gasteiger partial charge in [0.05, 0.1) is 12.5 Å². The fourth-order valence-corrected chi connectivity index (χ4v) is 2.22. The predicted molar refractivity (Wildman–Crippen MR) is 99.0 cm³/mol. The third kappa shape index (κ3) is 7.04. The third-order valence-corrected chi connectivity index (χ3v) is 3.43. The van der Waals surface area contributed by atoms with Crippen LogP contribution in [0.5, 0.6) is 11.5 Å². The molecule has 4 nitrogen and oxygen atoms in total. The van der Waals surface area contributed by atoms with Gasteiger partial charge >= 0.3 is 0 Å². The summed E-state index contributed by atoms with van der Waals surface area (Å²) in [4.78, 5) is 0. The fraction of sp³-hybridized carbons (Fsp3) is 0.238. The van der Waals surface area contributed by atoms with E-state index in [0.717, 1.165) is 17.9 Å². The van der Waals surface area contributed by atoms with E-state index in [-0.39, 0.29) is 0 Å². The van der Waals surface area contributed by atoms with Crippen molar-refractivity contribution in [3.05, 3.63) is 85.3 Å². The van der Waals surface area contributed by atoms with Crippen molar-refractivity contribution in [3.63, 3.8) is 0 Å². The van der Waals surface area contributed by atoms with Gasteiger partial charge in [-0.25, -0.2) is 0 Å². The van der Waals surface area contributed by atoms with Crippen molar-refractivity contribution in [1.82, 2.24) is 0 Å². The summed E-state index contributed by atoms with van der Waals surface area (Å²) in [6.07, 6.45) is 3.69. The molecule has 0 amide bonds. The Balaban J connectivity index is 1.79. The van der Waals surface area contributed by atoms with E-state index >= 15 is 0 Å². The largest absolute Gasteiger partial charge is 0.498 e. The zero-order valence-corrected chi connectivity index (χ0v) is 14.4. The zero-order valence-electron chi connectivity index (χ0n) is 14.4. The van der Waals surface area contributed by atoms with E-state index in [9.17, 15) is 0 Å². The van der Waals surface area contributed by atoms with E-state index in [1.54, 1.807) is 0 Å². The first kappa shape index (κ1) is 18.5. The minimum Gasteiger partial charge on any atom is -0.498 e. The summed E-state index contributed by atoms with van der Waals surface area (Å²) in [7, 11) is 0. The van der Waals surface area contributed by atoms with E-state index in [4.69, 9.17) is 18.9 Å². The van der Waals surface area contributed by atoms with Crippen molar-refractivity contribution < 1.29 is 18.9 Å². The van der Waals surface area contributed by atoms with Crippen LogP contribution in [-0.2, 0) is 15.9 Å². The highest BCUT2D eigenvalue weighted by molar-refractivity contribution is 5.34. The van der Waals surface area contributed by atoms with Crippen LogP contribution in [-0.4, -0.2) is 26.4 Å². The molecule has 0 aromatic heterocycles. The van der Waals surface area contributed by atoms with Crippen molar-refractivity contribution in [2.75, 3.05) is 26.4 Å². The highest BCUT2D eigenvalue weighted by Gasteiger charge is 2.00. The molecule has 2 aromatic rings. The van der Waals surface area contributed by atoms with Gasteiger partial charge in [0, 0.05) is 0 Å². The summed E-state index contributed by atoms with van der Waals surface area (Å²) >= 11 is 0. The van der Waals surface area contributed by atoms with Gasteiger partial charge in [0.2, 0.25) is 0 Å². The summed E-state index contributed by atoms with van der Waals surface area (Å²) in [6.45, 7) is 8.99. The summed E-state index contributed by atoms with van der Waals surface area (Å²) in [5.74, 6) is 1.67. The minimum absolute atomic E-state index is 0.499. The van der Waals surface area contributed by atoms with Gasteiger partial charge in [-0.15, -0.1) is 0 Å². The van der Waals surface area contributed by atoms with Crippen LogP contribution in [0.4, 0.5) is 0 Å². The smallest absolute Gasteiger partial charge is 0.122 e. The number of benzene rings is 2. The molecular weight excluding hydrogens is 316 g/mol. The summed E-state index contributed by atoms with van der Waals surface area (Å²) < 4.78 is 21.2. The predicted octanol–water partition coefficient (Wildman–Crippen LogP) is 4.36. The van der Waals surface area contributed by atoms with E-state index in [1.165, 1.54) is 23.7 Å². The highest BCUT2D eigenvalue weighted by Crippen LogP contribution is 2.18. The lowest BCUT2D eigenvalue weighted by Crippen LogP contribution is -2.04. The van der Waals surface area contributed by atoms with Crippen molar-refractivity contribution in [3.8, 4) is 11.5 Å². The van der Waals surface area contributed by atoms with Crippen LogP contribution in [0.15, 0.2) is 74.2 Å². The molecular formula is C21H24O4. The monoisotopic (exact) mass is 340 g/mol. The summed E-state index contributed by atoms with van der Waals surface area (Å²) in [5, 5.41) is 0. The van der Waals surface area contributed by atoms with Crippen LogP contribution in [0.3, 0.4) is 0 Å². The Morgan fingerprint density at radius 2 is 1.00 bits per heavy atom. The van der Waals surface area contributed by atoms with Gasteiger partial charge < -0.3 is 18.9 Å². The second-order valence-electron chi connectivity index (χ2n) is 5.24. The van der Waals surface area contributed by atoms with Gasteiger partial charge in [-0.2, -0.15) is 0 Å². The van der Waals surface area contributed by atoms with Gasteiger partial charge in [0.25, 0.3) is 0 Å². The van der Waals surface area contributed by atoms with E-state index < -0.39 is 0 Å². The topological polar surface area (TPSA) is 36.9 Å². The summed E-state index contributed by atoms with van der Waals surface area (Å²) in [5.41, 5.74) is 2.45. The van der Waals surface area contributed by atoms with Gasteiger partial charge in [-0.3, -0.25) is 0 Å². The molecule has 0 saturated carbocycles. The van der Waals surface area contributed by atoms with Crippen LogP contribution in [0.25, 0.3) is 0 Å². The van der Waals surface area contributed by atoms with Crippen LogP contribution in [0, 0.1) is 0 Å². The molecule has 0 unspecified atom stereocenters. The Kier molecular flexibility index (Phi) is 7.98. The second kappa shape index (κ2) is 10.8. The molecule has 0 aliphatic heterocycles. The molecule has 0 N–H and O–H groups in total. The first-order valence-electron chi connectivity index (χ1n) is 8.20. The Hall–Kier alpha value is -2.88. The first-order valence-corrected chi connectivity index (χ1v) is 8.20. The van der Waals surface area contributed by atoms with Crippen molar-refractivity contribution >= 4 is 0 Å². The highest BCUT2D eigenvalue weighted by atomic mass is 16.5. The lowest BCUT2D eigenvalue weighted by atomic mass is 10.0. The molecule has 2 rings (SSSR count). The Labute approximate surface area is 149 Å². The van der Waals surface area contributed by atoms with Crippen molar-refractivity contribution in [2.45, 2.75) is 6.42 Å². The molecule has 2 aromatic carbocycles. The van der Waals surface area contributed by atoms with Gasteiger partial charge in [0.15, 0.2) is 0 Å². The van der Waals surface area contributed by atoms with Crippen LogP contribution in [0.1, 0.15) is 11.1 Å². The minimum atomic E-state index is 0.499. The molecule has 0 bridgehead atoms. The maximum absolute atomic E-state index is 5.58. The zero-order chi connectivity index (χ0) is 17.7. The molecule has 0 fully saturated rings. The van der Waals surface area contributed by atoms with Gasteiger partial charge in [-0.1, -0.05) is 37.4 Å². The molecule has 0 aliphatic carbocycles. The van der Waals surface area contributed by atoms with Gasteiger partial charge in [0.1, 0.15) is 37.9 Å². The molecule has 0 radical (unpaired) electrons. The van der Waals surface area contributed by atoms with Crippen LogP contribution in [0.2, 0.25) is 0 Å². The molecule has 4 heteroatoms. The van der Waals surface area contributed by atoms with Gasteiger partial charge in [-0.05, 0) is 41.8 Å². The maximum Gasteiger partial charge on any atom is 0.122 e. The Morgan fingerprint density at radius 3 is 1.36 bits per heavy atom.